The van der Waals surface area contributed by atoms with Crippen molar-refractivity contribution >= 4 is 17.5 Å². The van der Waals surface area contributed by atoms with Crippen LogP contribution in [0.5, 0.6) is 5.75 Å². The van der Waals surface area contributed by atoms with Crippen molar-refractivity contribution in [3.8, 4) is 5.75 Å². The molecule has 0 spiro atoms. The maximum atomic E-state index is 14.1. The molecule has 33 heavy (non-hydrogen) atoms. The fourth-order valence-electron chi connectivity index (χ4n) is 4.19. The molecule has 2 amide bonds. The number of imide groups is 1. The standard InChI is InChI=1S/C23H23F4N3O3/c24-19-6-5-18(33-23(25,26)27)11-15(19)12-28-16-3-1-14-10-17(4-2-13(14)9-16)29-20-7-8-21(31)30-22(20)32/h2,4-6,10-11,16,20,28-29H,1,3,7-9,12H2,(H,30,31,32)/t16?,20-/m0/s1. The van der Waals surface area contributed by atoms with Crippen molar-refractivity contribution in [2.45, 2.75) is 57.1 Å². The third-order valence-electron chi connectivity index (χ3n) is 5.85. The molecular weight excluding hydrogens is 442 g/mol. The molecule has 2 aromatic rings. The quantitative estimate of drug-likeness (QED) is 0.449. The molecule has 1 aliphatic carbocycles. The van der Waals surface area contributed by atoms with Crippen LogP contribution >= 0.6 is 0 Å². The molecule has 0 saturated carbocycles. The lowest BCUT2D eigenvalue weighted by atomic mass is 9.87. The Hall–Kier alpha value is -3.14. The van der Waals surface area contributed by atoms with Crippen molar-refractivity contribution < 1.29 is 31.9 Å². The van der Waals surface area contributed by atoms with Crippen LogP contribution in [0.2, 0.25) is 0 Å². The largest absolute Gasteiger partial charge is 0.573 e. The number of halogens is 4. The highest BCUT2D eigenvalue weighted by molar-refractivity contribution is 6.01. The number of fused-ring (bicyclic) bond motifs is 1. The zero-order valence-electron chi connectivity index (χ0n) is 17.6. The summed E-state index contributed by atoms with van der Waals surface area (Å²) in [5.74, 6) is -1.64. The summed E-state index contributed by atoms with van der Waals surface area (Å²) in [4.78, 5) is 23.2. The Balaban J connectivity index is 1.35. The second kappa shape index (κ2) is 9.38. The zero-order chi connectivity index (χ0) is 23.6. The topological polar surface area (TPSA) is 79.5 Å². The highest BCUT2D eigenvalue weighted by atomic mass is 19.4. The summed E-state index contributed by atoms with van der Waals surface area (Å²) in [5.41, 5.74) is 3.16. The zero-order valence-corrected chi connectivity index (χ0v) is 17.6. The summed E-state index contributed by atoms with van der Waals surface area (Å²) in [6.07, 6.45) is -1.87. The summed E-state index contributed by atoms with van der Waals surface area (Å²) >= 11 is 0. The van der Waals surface area contributed by atoms with Crippen LogP contribution < -0.4 is 20.7 Å². The second-order valence-corrected chi connectivity index (χ2v) is 8.25. The van der Waals surface area contributed by atoms with Crippen LogP contribution in [0.25, 0.3) is 0 Å². The maximum absolute atomic E-state index is 14.1. The first kappa shape index (κ1) is 23.0. The predicted molar refractivity (Wildman–Crippen MR) is 112 cm³/mol. The van der Waals surface area contributed by atoms with E-state index in [9.17, 15) is 27.2 Å². The highest BCUT2D eigenvalue weighted by Crippen LogP contribution is 2.27. The van der Waals surface area contributed by atoms with Gasteiger partial charge in [-0.25, -0.2) is 4.39 Å². The van der Waals surface area contributed by atoms with Gasteiger partial charge in [-0.1, -0.05) is 6.07 Å². The monoisotopic (exact) mass is 465 g/mol. The lowest BCUT2D eigenvalue weighted by Crippen LogP contribution is -2.47. The van der Waals surface area contributed by atoms with Crippen LogP contribution in [0.3, 0.4) is 0 Å². The Kier molecular flexibility index (Phi) is 6.55. The molecule has 176 valence electrons. The van der Waals surface area contributed by atoms with E-state index in [4.69, 9.17) is 0 Å². The summed E-state index contributed by atoms with van der Waals surface area (Å²) < 4.78 is 55.2. The number of rotatable bonds is 6. The van der Waals surface area contributed by atoms with Crippen LogP contribution in [0.1, 0.15) is 36.0 Å². The third-order valence-corrected chi connectivity index (χ3v) is 5.85. The summed E-state index contributed by atoms with van der Waals surface area (Å²) in [5, 5.41) is 8.72. The van der Waals surface area contributed by atoms with Gasteiger partial charge in [0.1, 0.15) is 17.6 Å². The van der Waals surface area contributed by atoms with Crippen molar-refractivity contribution in [1.82, 2.24) is 10.6 Å². The number of nitrogens with one attached hydrogen (secondary N) is 3. The third kappa shape index (κ3) is 6.01. The average molecular weight is 465 g/mol. The lowest BCUT2D eigenvalue weighted by Gasteiger charge is -2.27. The van der Waals surface area contributed by atoms with Gasteiger partial charge in [0.05, 0.1) is 0 Å². The molecule has 6 nitrogen and oxygen atoms in total. The average Bonchev–Trinajstić information content (AvgIpc) is 2.75. The van der Waals surface area contributed by atoms with E-state index < -0.39 is 24.0 Å². The number of benzene rings is 2. The number of piperidine rings is 1. The molecule has 1 unspecified atom stereocenters. The van der Waals surface area contributed by atoms with Gasteiger partial charge in [-0.3, -0.25) is 14.9 Å². The molecule has 2 atom stereocenters. The van der Waals surface area contributed by atoms with E-state index in [1.165, 1.54) is 0 Å². The summed E-state index contributed by atoms with van der Waals surface area (Å²) in [6.45, 7) is 0.0794. The number of hydrogen-bond acceptors (Lipinski definition) is 5. The number of carbonyl (C=O) groups excluding carboxylic acids is 2. The van der Waals surface area contributed by atoms with Crippen LogP contribution in [0, 0.1) is 5.82 Å². The summed E-state index contributed by atoms with van der Waals surface area (Å²) in [7, 11) is 0. The van der Waals surface area contributed by atoms with Crippen molar-refractivity contribution in [3.63, 3.8) is 0 Å². The molecular formula is C23H23F4N3O3. The normalized spacial score (nSPS) is 20.7. The van der Waals surface area contributed by atoms with Crippen molar-refractivity contribution in [3.05, 3.63) is 58.9 Å². The molecule has 0 bridgehead atoms. The number of aryl methyl sites for hydroxylation is 1. The van der Waals surface area contributed by atoms with E-state index in [1.54, 1.807) is 0 Å². The number of anilines is 1. The van der Waals surface area contributed by atoms with Crippen molar-refractivity contribution in [1.29, 1.82) is 0 Å². The van der Waals surface area contributed by atoms with Gasteiger partial charge in [-0.2, -0.15) is 0 Å². The van der Waals surface area contributed by atoms with E-state index in [1.807, 2.05) is 18.2 Å². The number of carbonyl (C=O) groups is 2. The first-order valence-corrected chi connectivity index (χ1v) is 10.7. The minimum Gasteiger partial charge on any atom is -0.406 e. The molecule has 2 aromatic carbocycles. The van der Waals surface area contributed by atoms with Gasteiger partial charge < -0.3 is 15.4 Å². The van der Waals surface area contributed by atoms with Crippen LogP contribution in [0.15, 0.2) is 36.4 Å². The van der Waals surface area contributed by atoms with Gasteiger partial charge in [-0.05, 0) is 67.1 Å². The smallest absolute Gasteiger partial charge is 0.406 e. The molecule has 1 heterocycles. The molecule has 0 aromatic heterocycles. The maximum Gasteiger partial charge on any atom is 0.573 e. The molecule has 1 aliphatic heterocycles. The molecule has 3 N–H and O–H groups in total. The molecule has 0 radical (unpaired) electrons. The fourth-order valence-corrected chi connectivity index (χ4v) is 4.19. The Morgan fingerprint density at radius 2 is 1.85 bits per heavy atom. The van der Waals surface area contributed by atoms with Crippen LogP contribution in [-0.4, -0.2) is 30.3 Å². The SMILES string of the molecule is O=C1CC[C@H](Nc2ccc3c(c2)CCC(NCc2cc(OC(F)(F)F)ccc2F)C3)C(=O)N1. The van der Waals surface area contributed by atoms with E-state index in [2.05, 4.69) is 20.7 Å². The number of hydrogen-bond donors (Lipinski definition) is 3. The van der Waals surface area contributed by atoms with Crippen LogP contribution in [0.4, 0.5) is 23.2 Å². The minimum absolute atomic E-state index is 0.0398. The number of amides is 2. The van der Waals surface area contributed by atoms with Gasteiger partial charge in [-0.15, -0.1) is 13.2 Å². The van der Waals surface area contributed by atoms with Gasteiger partial charge >= 0.3 is 6.36 Å². The molecule has 2 aliphatic rings. The number of ether oxygens (including phenoxy) is 1. The van der Waals surface area contributed by atoms with Gasteiger partial charge in [0.25, 0.3) is 0 Å². The number of alkyl halides is 3. The second-order valence-electron chi connectivity index (χ2n) is 8.25. The Morgan fingerprint density at radius 1 is 1.03 bits per heavy atom. The molecule has 10 heteroatoms. The van der Waals surface area contributed by atoms with E-state index in [0.29, 0.717) is 19.3 Å². The molecule has 1 fully saturated rings. The van der Waals surface area contributed by atoms with Gasteiger partial charge in [0, 0.05) is 30.3 Å². The first-order chi connectivity index (χ1) is 15.7. The minimum atomic E-state index is -4.83. The van der Waals surface area contributed by atoms with E-state index in [0.717, 1.165) is 47.9 Å². The molecule has 4 rings (SSSR count). The van der Waals surface area contributed by atoms with E-state index >= 15 is 0 Å². The predicted octanol–water partition coefficient (Wildman–Crippen LogP) is 3.59. The fraction of sp³-hybridized carbons (Fsp3) is 0.391. The Morgan fingerprint density at radius 3 is 2.61 bits per heavy atom. The van der Waals surface area contributed by atoms with Gasteiger partial charge in [0.15, 0.2) is 0 Å². The van der Waals surface area contributed by atoms with Gasteiger partial charge in [0.2, 0.25) is 11.8 Å². The van der Waals surface area contributed by atoms with Crippen molar-refractivity contribution in [2.75, 3.05) is 5.32 Å². The molecule has 1 saturated heterocycles. The van der Waals surface area contributed by atoms with Crippen LogP contribution in [-0.2, 0) is 29.0 Å². The Labute approximate surface area is 187 Å². The lowest BCUT2D eigenvalue weighted by molar-refractivity contribution is -0.274. The first-order valence-electron chi connectivity index (χ1n) is 10.7. The Bertz CT molecular complexity index is 1060. The highest BCUT2D eigenvalue weighted by Gasteiger charge is 2.31. The summed E-state index contributed by atoms with van der Waals surface area (Å²) in [6, 6.07) is 8.39. The van der Waals surface area contributed by atoms with E-state index in [-0.39, 0.29) is 30.0 Å². The van der Waals surface area contributed by atoms with Crippen molar-refractivity contribution in [2.24, 2.45) is 0 Å².